The smallest absolute Gasteiger partial charge is 0.319 e. The number of pyridine rings is 1. The molecular weight excluding hydrogens is 288 g/mol. The van der Waals surface area contributed by atoms with Gasteiger partial charge in [-0.25, -0.2) is 4.98 Å². The van der Waals surface area contributed by atoms with Gasteiger partial charge in [-0.05, 0) is 19.9 Å². The predicted octanol–water partition coefficient (Wildman–Crippen LogP) is 0.898. The molecule has 2 amide bonds. The molecule has 8 nitrogen and oxygen atoms in total. The van der Waals surface area contributed by atoms with Gasteiger partial charge in [0.2, 0.25) is 11.1 Å². The van der Waals surface area contributed by atoms with Gasteiger partial charge in [0, 0.05) is 12.2 Å². The molecule has 2 N–H and O–H groups in total. The molecule has 0 radical (unpaired) electrons. The van der Waals surface area contributed by atoms with E-state index in [0.29, 0.717) is 0 Å². The van der Waals surface area contributed by atoms with Gasteiger partial charge < -0.3 is 10.6 Å². The number of rotatable bonds is 5. The molecule has 0 aromatic carbocycles. The van der Waals surface area contributed by atoms with Crippen LogP contribution < -0.4 is 10.6 Å². The lowest BCUT2D eigenvalue weighted by atomic mass is 10.2. The minimum atomic E-state index is -0.793. The van der Waals surface area contributed by atoms with Crippen LogP contribution in [0.1, 0.15) is 24.2 Å². The Balaban J connectivity index is 2.81. The van der Waals surface area contributed by atoms with Crippen LogP contribution in [-0.4, -0.2) is 34.3 Å². The van der Waals surface area contributed by atoms with E-state index >= 15 is 0 Å². The molecule has 20 heavy (non-hydrogen) atoms. The quantitative estimate of drug-likeness (QED) is 0.476. The molecule has 0 saturated carbocycles. The van der Waals surface area contributed by atoms with Crippen molar-refractivity contribution in [2.75, 3.05) is 6.54 Å². The maximum atomic E-state index is 11.8. The molecule has 0 aliphatic carbocycles. The molecule has 9 heteroatoms. The summed E-state index contributed by atoms with van der Waals surface area (Å²) in [5.74, 6) is -1.16. The van der Waals surface area contributed by atoms with E-state index in [1.54, 1.807) is 13.8 Å². The third-order valence-corrected chi connectivity index (χ3v) is 2.44. The number of carbonyl (C=O) groups excluding carboxylic acids is 2. The Morgan fingerprint density at radius 1 is 1.50 bits per heavy atom. The van der Waals surface area contributed by atoms with Crippen molar-refractivity contribution >= 4 is 29.1 Å². The van der Waals surface area contributed by atoms with Crippen molar-refractivity contribution in [1.29, 1.82) is 0 Å². The van der Waals surface area contributed by atoms with Gasteiger partial charge in [0.15, 0.2) is 0 Å². The standard InChI is InChI=1S/C11H13ClN4O4/c1-6(2)15-8(17)5-14-11(18)7-3-4-13-10(12)9(7)16(19)20/h3-4,6H,5H2,1-2H3,(H,14,18)(H,15,17). The minimum absolute atomic E-state index is 0.0656. The summed E-state index contributed by atoms with van der Waals surface area (Å²) in [5, 5.41) is 15.3. The number of hydrogen-bond acceptors (Lipinski definition) is 5. The van der Waals surface area contributed by atoms with Gasteiger partial charge in [0.1, 0.15) is 5.56 Å². The van der Waals surface area contributed by atoms with Crippen LogP contribution in [0.15, 0.2) is 12.3 Å². The van der Waals surface area contributed by atoms with Crippen LogP contribution in [0.5, 0.6) is 0 Å². The summed E-state index contributed by atoms with van der Waals surface area (Å²) in [7, 11) is 0. The average Bonchev–Trinajstić information content (AvgIpc) is 2.34. The summed E-state index contributed by atoms with van der Waals surface area (Å²) in [6.07, 6.45) is 1.18. The number of nitrogens with one attached hydrogen (secondary N) is 2. The Morgan fingerprint density at radius 3 is 2.70 bits per heavy atom. The highest BCUT2D eigenvalue weighted by Crippen LogP contribution is 2.25. The van der Waals surface area contributed by atoms with Gasteiger partial charge in [-0.3, -0.25) is 19.7 Å². The second-order valence-electron chi connectivity index (χ2n) is 4.16. The summed E-state index contributed by atoms with van der Waals surface area (Å²) in [4.78, 5) is 36.8. The van der Waals surface area contributed by atoms with Crippen LogP contribution in [0.3, 0.4) is 0 Å². The summed E-state index contributed by atoms with van der Waals surface area (Å²) in [6.45, 7) is 3.26. The fourth-order valence-corrected chi connectivity index (χ4v) is 1.64. The highest BCUT2D eigenvalue weighted by molar-refractivity contribution is 6.32. The third-order valence-electron chi connectivity index (χ3n) is 2.17. The van der Waals surface area contributed by atoms with Crippen LogP contribution in [0.2, 0.25) is 5.15 Å². The maximum Gasteiger partial charge on any atom is 0.319 e. The first-order valence-corrected chi connectivity index (χ1v) is 6.07. The van der Waals surface area contributed by atoms with Crippen molar-refractivity contribution < 1.29 is 14.5 Å². The summed E-state index contributed by atoms with van der Waals surface area (Å²) in [6, 6.07) is 1.10. The van der Waals surface area contributed by atoms with Gasteiger partial charge >= 0.3 is 5.69 Å². The Morgan fingerprint density at radius 2 is 2.15 bits per heavy atom. The SMILES string of the molecule is CC(C)NC(=O)CNC(=O)c1ccnc(Cl)c1[N+](=O)[O-]. The van der Waals surface area contributed by atoms with Crippen LogP contribution in [0, 0.1) is 10.1 Å². The average molecular weight is 301 g/mol. The molecule has 0 fully saturated rings. The molecule has 0 spiro atoms. The van der Waals surface area contributed by atoms with Crippen LogP contribution in [-0.2, 0) is 4.79 Å². The number of aromatic nitrogens is 1. The Hall–Kier alpha value is -2.22. The van der Waals surface area contributed by atoms with E-state index in [1.807, 2.05) is 0 Å². The van der Waals surface area contributed by atoms with Gasteiger partial charge in [-0.1, -0.05) is 11.6 Å². The van der Waals surface area contributed by atoms with E-state index in [2.05, 4.69) is 15.6 Å². The van der Waals surface area contributed by atoms with E-state index < -0.39 is 22.4 Å². The second kappa shape index (κ2) is 6.80. The van der Waals surface area contributed by atoms with Crippen LogP contribution >= 0.6 is 11.6 Å². The molecule has 0 aliphatic heterocycles. The fourth-order valence-electron chi connectivity index (χ4n) is 1.41. The summed E-state index contributed by atoms with van der Waals surface area (Å²) in [5.41, 5.74) is -0.830. The van der Waals surface area contributed by atoms with Crippen molar-refractivity contribution in [3.63, 3.8) is 0 Å². The number of carbonyl (C=O) groups is 2. The molecule has 1 aromatic heterocycles. The van der Waals surface area contributed by atoms with Crippen LogP contribution in [0.25, 0.3) is 0 Å². The number of hydrogen-bond donors (Lipinski definition) is 2. The van der Waals surface area contributed by atoms with E-state index in [4.69, 9.17) is 11.6 Å². The summed E-state index contributed by atoms with van der Waals surface area (Å²) >= 11 is 5.59. The topological polar surface area (TPSA) is 114 Å². The number of amides is 2. The van der Waals surface area contributed by atoms with Gasteiger partial charge in [0.25, 0.3) is 5.91 Å². The molecule has 108 valence electrons. The molecule has 1 heterocycles. The molecule has 0 atom stereocenters. The zero-order chi connectivity index (χ0) is 15.3. The Kier molecular flexibility index (Phi) is 5.39. The largest absolute Gasteiger partial charge is 0.352 e. The lowest BCUT2D eigenvalue weighted by Crippen LogP contribution is -2.39. The zero-order valence-corrected chi connectivity index (χ0v) is 11.6. The number of halogens is 1. The highest BCUT2D eigenvalue weighted by Gasteiger charge is 2.24. The van der Waals surface area contributed by atoms with Crippen molar-refractivity contribution in [3.8, 4) is 0 Å². The lowest BCUT2D eigenvalue weighted by molar-refractivity contribution is -0.385. The van der Waals surface area contributed by atoms with E-state index in [-0.39, 0.29) is 23.3 Å². The highest BCUT2D eigenvalue weighted by atomic mass is 35.5. The monoisotopic (exact) mass is 300 g/mol. The molecule has 1 rings (SSSR count). The molecule has 0 aliphatic rings. The molecule has 0 saturated heterocycles. The van der Waals surface area contributed by atoms with Crippen molar-refractivity contribution in [2.45, 2.75) is 19.9 Å². The number of nitro groups is 1. The van der Waals surface area contributed by atoms with Gasteiger partial charge in [0.05, 0.1) is 11.5 Å². The van der Waals surface area contributed by atoms with E-state index in [9.17, 15) is 19.7 Å². The molecule has 0 bridgehead atoms. The lowest BCUT2D eigenvalue weighted by Gasteiger charge is -2.09. The fraction of sp³-hybridized carbons (Fsp3) is 0.364. The van der Waals surface area contributed by atoms with Gasteiger partial charge in [-0.2, -0.15) is 0 Å². The normalized spacial score (nSPS) is 10.2. The van der Waals surface area contributed by atoms with E-state index in [0.717, 1.165) is 0 Å². The summed E-state index contributed by atoms with van der Waals surface area (Å²) < 4.78 is 0. The first-order chi connectivity index (χ1) is 9.32. The zero-order valence-electron chi connectivity index (χ0n) is 10.8. The van der Waals surface area contributed by atoms with Crippen molar-refractivity contribution in [3.05, 3.63) is 33.1 Å². The second-order valence-corrected chi connectivity index (χ2v) is 4.52. The van der Waals surface area contributed by atoms with E-state index in [1.165, 1.54) is 12.3 Å². The molecular formula is C11H13ClN4O4. The van der Waals surface area contributed by atoms with Crippen molar-refractivity contribution in [2.24, 2.45) is 0 Å². The predicted molar refractivity (Wildman–Crippen MR) is 71.5 cm³/mol. The molecule has 1 aromatic rings. The minimum Gasteiger partial charge on any atom is -0.352 e. The Bertz CT molecular complexity index is 547. The Labute approximate surface area is 119 Å². The number of nitrogens with zero attached hydrogens (tertiary/aromatic N) is 2. The van der Waals surface area contributed by atoms with Crippen LogP contribution in [0.4, 0.5) is 5.69 Å². The first kappa shape index (κ1) is 15.8. The maximum absolute atomic E-state index is 11.8. The third kappa shape index (κ3) is 4.16. The molecule has 0 unspecified atom stereocenters. The van der Waals surface area contributed by atoms with Crippen molar-refractivity contribution in [1.82, 2.24) is 15.6 Å². The van der Waals surface area contributed by atoms with Gasteiger partial charge in [-0.15, -0.1) is 0 Å². The first-order valence-electron chi connectivity index (χ1n) is 5.69.